The zero-order valence-electron chi connectivity index (χ0n) is 11.8. The molecule has 3 aromatic rings. The van der Waals surface area contributed by atoms with E-state index in [9.17, 15) is 4.79 Å². The van der Waals surface area contributed by atoms with Crippen LogP contribution in [0, 0.1) is 25.8 Å². The zero-order chi connectivity index (χ0) is 14.3. The third-order valence-corrected chi connectivity index (χ3v) is 3.50. The smallest absolute Gasteiger partial charge is 0.197 e. The molecular formula is C18H15NO. The summed E-state index contributed by atoms with van der Waals surface area (Å²) in [5.74, 6) is 2.93. The molecule has 3 rings (SSSR count). The number of aryl methyl sites for hydroxylation is 2. The summed E-state index contributed by atoms with van der Waals surface area (Å²) in [5.41, 5.74) is 3.98. The maximum atomic E-state index is 12.7. The van der Waals surface area contributed by atoms with Gasteiger partial charge in [-0.05, 0) is 45.0 Å². The Kier molecular flexibility index (Phi) is 2.84. The quantitative estimate of drug-likeness (QED) is 0.447. The van der Waals surface area contributed by atoms with Gasteiger partial charge in [0.15, 0.2) is 5.43 Å². The van der Waals surface area contributed by atoms with Crippen LogP contribution in [0.1, 0.15) is 18.1 Å². The maximum Gasteiger partial charge on any atom is 0.197 e. The van der Waals surface area contributed by atoms with Crippen molar-refractivity contribution < 1.29 is 0 Å². The summed E-state index contributed by atoms with van der Waals surface area (Å²) in [4.78, 5) is 12.7. The zero-order valence-corrected chi connectivity index (χ0v) is 11.8. The van der Waals surface area contributed by atoms with E-state index >= 15 is 0 Å². The summed E-state index contributed by atoms with van der Waals surface area (Å²) < 4.78 is 1.91. The van der Waals surface area contributed by atoms with E-state index in [0.29, 0.717) is 0 Å². The topological polar surface area (TPSA) is 22.0 Å². The van der Waals surface area contributed by atoms with Crippen LogP contribution in [-0.4, -0.2) is 4.57 Å². The molecule has 2 heteroatoms. The van der Waals surface area contributed by atoms with Gasteiger partial charge in [0.1, 0.15) is 0 Å². The van der Waals surface area contributed by atoms with Gasteiger partial charge in [0, 0.05) is 16.8 Å². The summed E-state index contributed by atoms with van der Waals surface area (Å²) in [5, 5.41) is 1.46. The first-order valence-electron chi connectivity index (χ1n) is 6.60. The molecule has 0 saturated heterocycles. The molecule has 98 valence electrons. The predicted molar refractivity (Wildman–Crippen MR) is 84.0 cm³/mol. The molecule has 2 nitrogen and oxygen atoms in total. The van der Waals surface area contributed by atoms with Crippen molar-refractivity contribution in [3.8, 4) is 12.0 Å². The van der Waals surface area contributed by atoms with Crippen LogP contribution in [0.3, 0.4) is 0 Å². The van der Waals surface area contributed by atoms with Gasteiger partial charge in [0.25, 0.3) is 0 Å². The Morgan fingerprint density at radius 1 is 0.900 bits per heavy atom. The molecule has 0 radical (unpaired) electrons. The molecule has 20 heavy (non-hydrogen) atoms. The average molecular weight is 261 g/mol. The van der Waals surface area contributed by atoms with Crippen LogP contribution in [-0.2, 0) is 0 Å². The standard InChI is InChI=1S/C18H15NO/c1-4-9-19-16-7-5-12(2)10-14(16)18(20)15-11-13(3)6-8-17(15)19/h5-8,10-11H,1-3H3. The SMILES string of the molecule is CC#Cn1c2ccc(C)cc2c(=O)c2cc(C)ccc21. The molecule has 0 saturated carbocycles. The number of pyridine rings is 1. The van der Waals surface area contributed by atoms with Crippen molar-refractivity contribution in [1.82, 2.24) is 4.57 Å². The first kappa shape index (κ1) is 12.5. The predicted octanol–water partition coefficient (Wildman–Crippen LogP) is 3.60. The van der Waals surface area contributed by atoms with Gasteiger partial charge in [-0.1, -0.05) is 29.2 Å². The minimum atomic E-state index is 0.0801. The number of benzene rings is 2. The number of rotatable bonds is 0. The van der Waals surface area contributed by atoms with Crippen molar-refractivity contribution in [2.75, 3.05) is 0 Å². The van der Waals surface area contributed by atoms with Crippen molar-refractivity contribution in [2.45, 2.75) is 20.8 Å². The van der Waals surface area contributed by atoms with Crippen molar-refractivity contribution >= 4 is 21.8 Å². The summed E-state index contributed by atoms with van der Waals surface area (Å²) in [6.45, 7) is 5.79. The second-order valence-corrected chi connectivity index (χ2v) is 5.07. The first-order chi connectivity index (χ1) is 9.61. The Hall–Kier alpha value is -2.53. The van der Waals surface area contributed by atoms with E-state index in [1.807, 2.05) is 54.8 Å². The number of nitrogens with zero attached hydrogens (tertiary/aromatic N) is 1. The first-order valence-corrected chi connectivity index (χ1v) is 6.60. The fourth-order valence-corrected chi connectivity index (χ4v) is 2.56. The molecule has 0 spiro atoms. The lowest BCUT2D eigenvalue weighted by atomic mass is 10.1. The van der Waals surface area contributed by atoms with Crippen molar-refractivity contribution in [1.29, 1.82) is 0 Å². The van der Waals surface area contributed by atoms with E-state index < -0.39 is 0 Å². The summed E-state index contributed by atoms with van der Waals surface area (Å²) in [7, 11) is 0. The van der Waals surface area contributed by atoms with Gasteiger partial charge in [-0.2, -0.15) is 0 Å². The van der Waals surface area contributed by atoms with Gasteiger partial charge in [-0.25, -0.2) is 0 Å². The van der Waals surface area contributed by atoms with Crippen LogP contribution in [0.4, 0.5) is 0 Å². The van der Waals surface area contributed by atoms with Crippen LogP contribution < -0.4 is 5.43 Å². The highest BCUT2D eigenvalue weighted by Crippen LogP contribution is 2.20. The lowest BCUT2D eigenvalue weighted by molar-refractivity contribution is 1.23. The molecule has 1 heterocycles. The molecule has 0 bridgehead atoms. The molecule has 1 aromatic heterocycles. The van der Waals surface area contributed by atoms with Crippen LogP contribution >= 0.6 is 0 Å². The fraction of sp³-hybridized carbons (Fsp3) is 0.167. The monoisotopic (exact) mass is 261 g/mol. The van der Waals surface area contributed by atoms with Gasteiger partial charge in [-0.15, -0.1) is 0 Å². The molecule has 0 fully saturated rings. The Morgan fingerprint density at radius 3 is 1.85 bits per heavy atom. The minimum Gasteiger partial charge on any atom is -0.288 e. The van der Waals surface area contributed by atoms with Crippen molar-refractivity contribution in [3.05, 3.63) is 57.7 Å². The lowest BCUT2D eigenvalue weighted by Gasteiger charge is -2.10. The third kappa shape index (κ3) is 1.80. The maximum absolute atomic E-state index is 12.7. The Bertz CT molecular complexity index is 886. The van der Waals surface area contributed by atoms with Gasteiger partial charge >= 0.3 is 0 Å². The number of fused-ring (bicyclic) bond motifs is 2. The van der Waals surface area contributed by atoms with Crippen molar-refractivity contribution in [3.63, 3.8) is 0 Å². The van der Waals surface area contributed by atoms with E-state index in [2.05, 4.69) is 12.0 Å². The fourth-order valence-electron chi connectivity index (χ4n) is 2.56. The van der Waals surface area contributed by atoms with Crippen LogP contribution in [0.25, 0.3) is 21.8 Å². The number of hydrogen-bond acceptors (Lipinski definition) is 1. The average Bonchev–Trinajstić information content (AvgIpc) is 2.44. The molecule has 2 aromatic carbocycles. The highest BCUT2D eigenvalue weighted by molar-refractivity contribution is 5.95. The Labute approximate surface area is 117 Å². The van der Waals surface area contributed by atoms with Gasteiger partial charge in [-0.3, -0.25) is 9.36 Å². The van der Waals surface area contributed by atoms with Gasteiger partial charge < -0.3 is 0 Å². The highest BCUT2D eigenvalue weighted by atomic mass is 16.1. The van der Waals surface area contributed by atoms with Crippen LogP contribution in [0.15, 0.2) is 41.2 Å². The number of hydrogen-bond donors (Lipinski definition) is 0. The van der Waals surface area contributed by atoms with Crippen molar-refractivity contribution in [2.24, 2.45) is 0 Å². The van der Waals surface area contributed by atoms with E-state index in [4.69, 9.17) is 0 Å². The molecular weight excluding hydrogens is 246 g/mol. The molecule has 0 atom stereocenters. The second-order valence-electron chi connectivity index (χ2n) is 5.07. The molecule has 0 aliphatic rings. The van der Waals surface area contributed by atoms with Crippen LogP contribution in [0.2, 0.25) is 0 Å². The molecule has 0 N–H and O–H groups in total. The lowest BCUT2D eigenvalue weighted by Crippen LogP contribution is -2.09. The third-order valence-electron chi connectivity index (χ3n) is 3.50. The molecule has 0 aliphatic heterocycles. The molecule has 0 amide bonds. The number of aromatic nitrogens is 1. The van der Waals surface area contributed by atoms with Gasteiger partial charge in [0.05, 0.1) is 11.0 Å². The minimum absolute atomic E-state index is 0.0801. The van der Waals surface area contributed by atoms with E-state index in [0.717, 1.165) is 32.9 Å². The second kappa shape index (κ2) is 4.54. The Balaban J connectivity index is 2.67. The van der Waals surface area contributed by atoms with Gasteiger partial charge in [0.2, 0.25) is 0 Å². The van der Waals surface area contributed by atoms with E-state index in [1.54, 1.807) is 6.92 Å². The largest absolute Gasteiger partial charge is 0.288 e. The normalized spacial score (nSPS) is 10.6. The summed E-state index contributed by atoms with van der Waals surface area (Å²) in [6, 6.07) is 14.9. The summed E-state index contributed by atoms with van der Waals surface area (Å²) in [6.07, 6.45) is 0. The highest BCUT2D eigenvalue weighted by Gasteiger charge is 2.10. The van der Waals surface area contributed by atoms with Crippen LogP contribution in [0.5, 0.6) is 0 Å². The molecule has 0 unspecified atom stereocenters. The summed E-state index contributed by atoms with van der Waals surface area (Å²) >= 11 is 0. The van der Waals surface area contributed by atoms with E-state index in [-0.39, 0.29) is 5.43 Å². The molecule has 0 aliphatic carbocycles. The Morgan fingerprint density at radius 2 is 1.40 bits per heavy atom. The van der Waals surface area contributed by atoms with E-state index in [1.165, 1.54) is 0 Å².